The van der Waals surface area contributed by atoms with E-state index in [9.17, 15) is 23.1 Å². The number of aliphatic hydroxyl groups is 1. The van der Waals surface area contributed by atoms with E-state index in [0.717, 1.165) is 37.5 Å². The molecule has 34 heavy (non-hydrogen) atoms. The van der Waals surface area contributed by atoms with Gasteiger partial charge in [-0.05, 0) is 69.1 Å². The molecule has 1 amide bonds. The van der Waals surface area contributed by atoms with Crippen LogP contribution in [-0.2, 0) is 12.7 Å². The Labute approximate surface area is 196 Å². The maximum Gasteiger partial charge on any atom is 0.416 e. The number of carbonyl (C=O) groups is 1. The Balaban J connectivity index is 1.48. The third-order valence-electron chi connectivity index (χ3n) is 6.20. The number of hydrogen-bond donors (Lipinski definition) is 2. The average Bonchev–Trinajstić information content (AvgIpc) is 3.45. The fraction of sp³-hybridized carbons (Fsp3) is 0.440. The van der Waals surface area contributed by atoms with Crippen molar-refractivity contribution in [1.82, 2.24) is 19.6 Å². The van der Waals surface area contributed by atoms with E-state index < -0.39 is 17.8 Å². The summed E-state index contributed by atoms with van der Waals surface area (Å²) in [7, 11) is 0. The second-order valence-electron chi connectivity index (χ2n) is 8.97. The molecule has 6 nitrogen and oxygen atoms in total. The van der Waals surface area contributed by atoms with Crippen LogP contribution in [0.2, 0.25) is 0 Å². The van der Waals surface area contributed by atoms with Crippen molar-refractivity contribution >= 4 is 11.6 Å². The molecule has 3 aromatic rings. The largest absolute Gasteiger partial charge is 0.416 e. The predicted molar refractivity (Wildman–Crippen MR) is 123 cm³/mol. The van der Waals surface area contributed by atoms with Crippen molar-refractivity contribution in [3.05, 3.63) is 71.2 Å². The van der Waals surface area contributed by atoms with Gasteiger partial charge in [-0.25, -0.2) is 4.98 Å². The van der Waals surface area contributed by atoms with E-state index in [2.05, 4.69) is 15.2 Å². The molecule has 2 unspecified atom stereocenters. The van der Waals surface area contributed by atoms with Crippen LogP contribution in [0.1, 0.15) is 59.4 Å². The van der Waals surface area contributed by atoms with Gasteiger partial charge in [0.1, 0.15) is 11.3 Å². The van der Waals surface area contributed by atoms with Gasteiger partial charge in [-0.3, -0.25) is 14.1 Å². The molecule has 0 radical (unpaired) electrons. The maximum atomic E-state index is 13.0. The van der Waals surface area contributed by atoms with Crippen LogP contribution < -0.4 is 5.32 Å². The number of amides is 1. The summed E-state index contributed by atoms with van der Waals surface area (Å²) in [5.74, 6) is -0.642. The van der Waals surface area contributed by atoms with Gasteiger partial charge >= 0.3 is 6.18 Å². The van der Waals surface area contributed by atoms with Gasteiger partial charge in [-0.2, -0.15) is 13.2 Å². The Hall–Kier alpha value is -2.91. The highest BCUT2D eigenvalue weighted by molar-refractivity contribution is 5.93. The van der Waals surface area contributed by atoms with Crippen LogP contribution in [0, 0.1) is 0 Å². The number of likely N-dealkylation sites (tertiary alicyclic amines) is 1. The number of nitrogens with one attached hydrogen (secondary N) is 1. The van der Waals surface area contributed by atoms with Crippen LogP contribution in [-0.4, -0.2) is 51.0 Å². The second kappa shape index (κ2) is 10.1. The van der Waals surface area contributed by atoms with Gasteiger partial charge in [-0.15, -0.1) is 0 Å². The molecule has 3 heterocycles. The van der Waals surface area contributed by atoms with Crippen molar-refractivity contribution < 1.29 is 23.1 Å². The maximum absolute atomic E-state index is 13.0. The molecule has 1 aromatic carbocycles. The standard InChI is InChI=1S/C25H29F3N4O2/c1-17(33)13-19(18-7-9-20(10-8-18)25(26,27)28)14-29-24(34)22-5-4-6-23-30-21(16-32(22)23)15-31-11-2-3-12-31/h4-10,16-17,19,33H,2-3,11-15H2,1H3,(H,29,34). The van der Waals surface area contributed by atoms with Gasteiger partial charge in [0.2, 0.25) is 0 Å². The molecule has 1 saturated heterocycles. The van der Waals surface area contributed by atoms with Gasteiger partial charge < -0.3 is 10.4 Å². The zero-order valence-corrected chi connectivity index (χ0v) is 19.1. The summed E-state index contributed by atoms with van der Waals surface area (Å²) in [5.41, 5.74) is 1.92. The smallest absolute Gasteiger partial charge is 0.393 e. The van der Waals surface area contributed by atoms with Crippen LogP contribution in [0.5, 0.6) is 0 Å². The Bertz CT molecular complexity index is 1120. The minimum Gasteiger partial charge on any atom is -0.393 e. The number of imidazole rings is 1. The fourth-order valence-corrected chi connectivity index (χ4v) is 4.49. The SMILES string of the molecule is CC(O)CC(CNC(=O)c1cccc2nc(CN3CCCC3)cn12)c1ccc(C(F)(F)F)cc1. The highest BCUT2D eigenvalue weighted by atomic mass is 19.4. The average molecular weight is 475 g/mol. The highest BCUT2D eigenvalue weighted by Gasteiger charge is 2.30. The molecule has 2 N–H and O–H groups in total. The number of fused-ring (bicyclic) bond motifs is 1. The summed E-state index contributed by atoms with van der Waals surface area (Å²) in [5, 5.41) is 12.8. The molecule has 0 bridgehead atoms. The normalized spacial score (nSPS) is 16.6. The fourth-order valence-electron chi connectivity index (χ4n) is 4.49. The quantitative estimate of drug-likeness (QED) is 0.513. The molecule has 0 aliphatic carbocycles. The molecule has 0 saturated carbocycles. The molecule has 1 aliphatic rings. The summed E-state index contributed by atoms with van der Waals surface area (Å²) in [6, 6.07) is 10.2. The van der Waals surface area contributed by atoms with E-state index in [0.29, 0.717) is 23.3 Å². The minimum atomic E-state index is -4.41. The van der Waals surface area contributed by atoms with Crippen molar-refractivity contribution in [2.24, 2.45) is 0 Å². The molecular weight excluding hydrogens is 445 g/mol. The van der Waals surface area contributed by atoms with E-state index in [4.69, 9.17) is 0 Å². The van der Waals surface area contributed by atoms with Gasteiger partial charge in [0.15, 0.2) is 0 Å². The number of carbonyl (C=O) groups excluding carboxylic acids is 1. The predicted octanol–water partition coefficient (Wildman–Crippen LogP) is 4.23. The van der Waals surface area contributed by atoms with Crippen LogP contribution >= 0.6 is 0 Å². The molecule has 2 atom stereocenters. The van der Waals surface area contributed by atoms with Gasteiger partial charge in [0.05, 0.1) is 17.4 Å². The minimum absolute atomic E-state index is 0.181. The highest BCUT2D eigenvalue weighted by Crippen LogP contribution is 2.31. The Morgan fingerprint density at radius 2 is 1.85 bits per heavy atom. The zero-order valence-electron chi connectivity index (χ0n) is 19.1. The molecule has 0 spiro atoms. The number of halogens is 3. The first-order chi connectivity index (χ1) is 16.2. The van der Waals surface area contributed by atoms with E-state index in [1.54, 1.807) is 23.5 Å². The van der Waals surface area contributed by atoms with Gasteiger partial charge in [0.25, 0.3) is 5.91 Å². The first kappa shape index (κ1) is 24.2. The van der Waals surface area contributed by atoms with Crippen molar-refractivity contribution in [1.29, 1.82) is 0 Å². The number of alkyl halides is 3. The lowest BCUT2D eigenvalue weighted by Gasteiger charge is -2.20. The number of aliphatic hydroxyl groups excluding tert-OH is 1. The molecule has 1 fully saturated rings. The summed E-state index contributed by atoms with van der Waals surface area (Å²) in [6.07, 6.45) is -0.522. The first-order valence-corrected chi connectivity index (χ1v) is 11.5. The third kappa shape index (κ3) is 5.77. The van der Waals surface area contributed by atoms with Crippen LogP contribution in [0.4, 0.5) is 13.2 Å². The van der Waals surface area contributed by atoms with E-state index in [1.165, 1.54) is 25.0 Å². The van der Waals surface area contributed by atoms with E-state index >= 15 is 0 Å². The molecule has 9 heteroatoms. The molecule has 4 rings (SSSR count). The number of pyridine rings is 1. The first-order valence-electron chi connectivity index (χ1n) is 11.5. The van der Waals surface area contributed by atoms with Gasteiger partial charge in [-0.1, -0.05) is 18.2 Å². The van der Waals surface area contributed by atoms with Gasteiger partial charge in [0, 0.05) is 25.2 Å². The lowest BCUT2D eigenvalue weighted by atomic mass is 9.92. The number of benzene rings is 1. The van der Waals surface area contributed by atoms with E-state index in [1.807, 2.05) is 12.3 Å². The third-order valence-corrected chi connectivity index (χ3v) is 6.20. The zero-order chi connectivity index (χ0) is 24.3. The number of aromatic nitrogens is 2. The molecule has 2 aromatic heterocycles. The van der Waals surface area contributed by atoms with Crippen LogP contribution in [0.3, 0.4) is 0 Å². The van der Waals surface area contributed by atoms with Crippen molar-refractivity contribution in [2.75, 3.05) is 19.6 Å². The lowest BCUT2D eigenvalue weighted by molar-refractivity contribution is -0.137. The number of hydrogen-bond acceptors (Lipinski definition) is 4. The lowest BCUT2D eigenvalue weighted by Crippen LogP contribution is -2.31. The van der Waals surface area contributed by atoms with Crippen molar-refractivity contribution in [2.45, 2.75) is 50.9 Å². The van der Waals surface area contributed by atoms with Crippen LogP contribution in [0.25, 0.3) is 5.65 Å². The van der Waals surface area contributed by atoms with E-state index in [-0.39, 0.29) is 18.4 Å². The summed E-state index contributed by atoms with van der Waals surface area (Å²) < 4.78 is 40.5. The molecule has 1 aliphatic heterocycles. The van der Waals surface area contributed by atoms with Crippen molar-refractivity contribution in [3.63, 3.8) is 0 Å². The monoisotopic (exact) mass is 474 g/mol. The summed E-state index contributed by atoms with van der Waals surface area (Å²) in [6.45, 7) is 4.65. The number of nitrogens with zero attached hydrogens (tertiary/aromatic N) is 3. The Morgan fingerprint density at radius 1 is 1.15 bits per heavy atom. The van der Waals surface area contributed by atoms with Crippen molar-refractivity contribution in [3.8, 4) is 0 Å². The summed E-state index contributed by atoms with van der Waals surface area (Å²) >= 11 is 0. The molecular formula is C25H29F3N4O2. The van der Waals surface area contributed by atoms with Crippen LogP contribution in [0.15, 0.2) is 48.7 Å². The summed E-state index contributed by atoms with van der Waals surface area (Å²) in [4.78, 5) is 20.0. The number of rotatable bonds is 8. The molecule has 182 valence electrons. The Morgan fingerprint density at radius 3 is 2.50 bits per heavy atom. The second-order valence-corrected chi connectivity index (χ2v) is 8.97. The topological polar surface area (TPSA) is 69.9 Å². The Kier molecular flexibility index (Phi) is 7.23.